The third kappa shape index (κ3) is 48.1. The Labute approximate surface area is 405 Å². The van der Waals surface area contributed by atoms with E-state index in [9.17, 15) is 43.8 Å². The van der Waals surface area contributed by atoms with Gasteiger partial charge in [-0.25, -0.2) is 5.84 Å². The minimum absolute atomic E-state index is 0.0126. The number of aldehydes is 1. The lowest BCUT2D eigenvalue weighted by Crippen LogP contribution is -2.51. The Morgan fingerprint density at radius 3 is 1.59 bits per heavy atom. The van der Waals surface area contributed by atoms with Crippen molar-refractivity contribution in [1.29, 1.82) is 0 Å². The zero-order valence-electron chi connectivity index (χ0n) is 42.3. The molecule has 1 rings (SSSR count). The number of carboxylic acid groups (broad SMARTS) is 3. The molecule has 0 spiro atoms. The van der Waals surface area contributed by atoms with Gasteiger partial charge in [0.1, 0.15) is 12.3 Å². The predicted molar refractivity (Wildman–Crippen MR) is 260 cm³/mol. The molecule has 400 valence electrons. The second kappa shape index (κ2) is 50.5. The number of nitrogens with two attached hydrogens (primary N) is 1. The third-order valence-corrected chi connectivity index (χ3v) is 9.72. The van der Waals surface area contributed by atoms with E-state index in [1.54, 1.807) is 22.3 Å². The van der Waals surface area contributed by atoms with Crippen LogP contribution in [0.2, 0.25) is 0 Å². The number of aliphatic hydroxyl groups is 1. The van der Waals surface area contributed by atoms with E-state index < -0.39 is 23.9 Å². The van der Waals surface area contributed by atoms with E-state index in [0.717, 1.165) is 71.7 Å². The first-order valence-electron chi connectivity index (χ1n) is 23.6. The maximum absolute atomic E-state index is 11.8. The quantitative estimate of drug-likeness (QED) is 0.0148. The SMILES string of the molecule is CCCC(C(=O)O)N1CCN(CC=O)CCN(CC(=O)O)CCN(CC(=O)O)CC1.CCCCCC(=O)NCCCC(=O)NCCCCNC=O.CCCOCC(C)(C)COC.CO.NNC=O. The molecule has 1 saturated heterocycles. The summed E-state index contributed by atoms with van der Waals surface area (Å²) in [5.74, 6) is 1.63. The van der Waals surface area contributed by atoms with Crippen LogP contribution >= 0.6 is 0 Å². The van der Waals surface area contributed by atoms with Crippen LogP contribution in [0.15, 0.2) is 0 Å². The van der Waals surface area contributed by atoms with Gasteiger partial charge in [0.15, 0.2) is 0 Å². The topological polar surface area (TPSA) is 323 Å². The monoisotopic (exact) mass is 982 g/mol. The van der Waals surface area contributed by atoms with Crippen molar-refractivity contribution in [3.8, 4) is 0 Å². The molecular weight excluding hydrogens is 891 g/mol. The Kier molecular flexibility index (Phi) is 52.2. The highest BCUT2D eigenvalue weighted by molar-refractivity contribution is 5.77. The number of hydrazine groups is 1. The van der Waals surface area contributed by atoms with Crippen molar-refractivity contribution in [3.63, 3.8) is 0 Å². The van der Waals surface area contributed by atoms with Crippen molar-refractivity contribution in [3.05, 3.63) is 0 Å². The number of unbranched alkanes of at least 4 members (excludes halogenated alkanes) is 3. The van der Waals surface area contributed by atoms with Crippen molar-refractivity contribution in [2.75, 3.05) is 126 Å². The van der Waals surface area contributed by atoms with Gasteiger partial charge in [-0.3, -0.25) is 58.6 Å². The number of ether oxygens (including phenoxy) is 2. The van der Waals surface area contributed by atoms with E-state index in [1.807, 2.05) is 16.7 Å². The molecule has 0 aromatic carbocycles. The normalized spacial score (nSPS) is 14.2. The van der Waals surface area contributed by atoms with Gasteiger partial charge in [0.25, 0.3) is 0 Å². The Morgan fingerprint density at radius 1 is 0.662 bits per heavy atom. The molecule has 10 N–H and O–H groups in total. The number of amides is 4. The Balaban J connectivity index is -0.000000465. The third-order valence-electron chi connectivity index (χ3n) is 9.72. The zero-order valence-corrected chi connectivity index (χ0v) is 42.3. The average molecular weight is 982 g/mol. The van der Waals surface area contributed by atoms with E-state index >= 15 is 0 Å². The number of methoxy groups -OCH3 is 1. The van der Waals surface area contributed by atoms with E-state index in [-0.39, 0.29) is 36.9 Å². The van der Waals surface area contributed by atoms with Crippen molar-refractivity contribution in [2.24, 2.45) is 11.3 Å². The molecule has 23 heteroatoms. The summed E-state index contributed by atoms with van der Waals surface area (Å²) in [7, 11) is 2.72. The molecule has 1 fully saturated rings. The fourth-order valence-corrected chi connectivity index (χ4v) is 6.34. The molecule has 0 aromatic rings. The second-order valence-electron chi connectivity index (χ2n) is 16.5. The van der Waals surface area contributed by atoms with Crippen molar-refractivity contribution >= 4 is 48.8 Å². The summed E-state index contributed by atoms with van der Waals surface area (Å²) in [6, 6.07) is -0.675. The summed E-state index contributed by atoms with van der Waals surface area (Å²) in [5, 5.41) is 43.2. The van der Waals surface area contributed by atoms with Crippen LogP contribution in [0.5, 0.6) is 0 Å². The summed E-state index contributed by atoms with van der Waals surface area (Å²) in [6.07, 6.45) is 10.6. The number of hydrogen-bond donors (Lipinski definition) is 9. The number of nitrogens with one attached hydrogen (secondary N) is 4. The number of hydrogen-bond acceptors (Lipinski definition) is 16. The van der Waals surface area contributed by atoms with E-state index in [1.165, 1.54) is 0 Å². The van der Waals surface area contributed by atoms with Gasteiger partial charge >= 0.3 is 17.9 Å². The van der Waals surface area contributed by atoms with E-state index in [0.29, 0.717) is 117 Å². The van der Waals surface area contributed by atoms with Gasteiger partial charge in [0.05, 0.1) is 32.8 Å². The highest BCUT2D eigenvalue weighted by Gasteiger charge is 2.27. The molecule has 0 radical (unpaired) electrons. The van der Waals surface area contributed by atoms with Crippen molar-refractivity contribution in [2.45, 2.75) is 111 Å². The number of aliphatic carboxylic acids is 3. The predicted octanol–water partition coefficient (Wildman–Crippen LogP) is 0.235. The standard InChI is InChI=1S/C19H34N4O7.C15H29N3O3.C9H20O2.CH4N2O.CH4O/c1-2-3-16(19(29)30)23-10-8-20(12-13-24)4-5-21(14-17(25)26)6-7-22(9-11-23)15-18(27)28;1-2-3-4-8-14(20)18-12-7-9-15(21)17-11-6-5-10-16-13-19;1-5-6-11-8-9(2,3)7-10-4;2-3-1-4;1-2/h13,16H,2-12,14-15H2,1H3,(H,25,26)(H,27,28)(H,29,30);13H,2-12H2,1H3,(H,16,19)(H,17,21)(H,18,20);5-8H2,1-4H3;1H,2H2,(H,3,4);2H,1H3. The molecule has 0 aliphatic carbocycles. The van der Waals surface area contributed by atoms with Crippen molar-refractivity contribution in [1.82, 2.24) is 41.0 Å². The van der Waals surface area contributed by atoms with Crippen LogP contribution in [0.4, 0.5) is 0 Å². The lowest BCUT2D eigenvalue weighted by Gasteiger charge is -2.35. The molecule has 0 saturated carbocycles. The largest absolute Gasteiger partial charge is 0.480 e. The van der Waals surface area contributed by atoms with Crippen LogP contribution in [0.1, 0.15) is 105 Å². The van der Waals surface area contributed by atoms with Crippen LogP contribution in [0.25, 0.3) is 0 Å². The molecule has 1 heterocycles. The molecule has 0 aromatic heterocycles. The first kappa shape index (κ1) is 70.2. The first-order valence-corrected chi connectivity index (χ1v) is 23.6. The lowest BCUT2D eigenvalue weighted by molar-refractivity contribution is -0.144. The Bertz CT molecular complexity index is 1290. The van der Waals surface area contributed by atoms with Crippen LogP contribution in [-0.2, 0) is 47.8 Å². The lowest BCUT2D eigenvalue weighted by atomic mass is 9.96. The highest BCUT2D eigenvalue weighted by Crippen LogP contribution is 2.15. The Morgan fingerprint density at radius 2 is 1.15 bits per heavy atom. The smallest absolute Gasteiger partial charge is 0.320 e. The molecule has 4 amide bonds. The highest BCUT2D eigenvalue weighted by atomic mass is 16.5. The molecule has 1 unspecified atom stereocenters. The van der Waals surface area contributed by atoms with Crippen LogP contribution < -0.4 is 27.2 Å². The molecule has 23 nitrogen and oxygen atoms in total. The van der Waals surface area contributed by atoms with Gasteiger partial charge in [-0.05, 0) is 38.5 Å². The van der Waals surface area contributed by atoms with Gasteiger partial charge < -0.3 is 50.6 Å². The van der Waals surface area contributed by atoms with Gasteiger partial charge in [0, 0.05) is 111 Å². The fraction of sp³-hybridized carbons (Fsp3) is 0.822. The van der Waals surface area contributed by atoms with Crippen LogP contribution in [-0.4, -0.2) is 221 Å². The number of carbonyl (C=O) groups excluding carboxylic acids is 5. The van der Waals surface area contributed by atoms with Gasteiger partial charge in [-0.1, -0.05) is 53.9 Å². The van der Waals surface area contributed by atoms with Gasteiger partial charge in [-0.2, -0.15) is 0 Å². The molecule has 1 aliphatic heterocycles. The zero-order chi connectivity index (χ0) is 52.4. The maximum atomic E-state index is 11.8. The molecule has 0 bridgehead atoms. The molecule has 1 atom stereocenters. The average Bonchev–Trinajstić information content (AvgIpc) is 3.29. The van der Waals surface area contributed by atoms with Crippen molar-refractivity contribution < 1.29 is 68.3 Å². The minimum Gasteiger partial charge on any atom is -0.480 e. The molecule has 68 heavy (non-hydrogen) atoms. The first-order chi connectivity index (χ1) is 32.5. The summed E-state index contributed by atoms with van der Waals surface area (Å²) < 4.78 is 10.5. The van der Waals surface area contributed by atoms with Crippen LogP contribution in [0, 0.1) is 5.41 Å². The number of rotatable bonds is 31. The van der Waals surface area contributed by atoms with Crippen LogP contribution in [0.3, 0.4) is 0 Å². The molecular formula is C45H91N9O14. The molecule has 1 aliphatic rings. The number of carboxylic acids is 3. The van der Waals surface area contributed by atoms with Gasteiger partial charge in [-0.15, -0.1) is 0 Å². The fourth-order valence-electron chi connectivity index (χ4n) is 6.34. The minimum atomic E-state index is -0.987. The number of nitrogens with zero attached hydrogens (tertiary/aromatic N) is 4. The second-order valence-corrected chi connectivity index (χ2v) is 16.5. The Hall–Kier alpha value is -4.36. The number of aliphatic hydroxyl groups excluding tert-OH is 1. The number of carbonyl (C=O) groups is 8. The van der Waals surface area contributed by atoms with Gasteiger partial charge in [0.2, 0.25) is 24.6 Å². The summed E-state index contributed by atoms with van der Waals surface area (Å²) >= 11 is 0. The summed E-state index contributed by atoms with van der Waals surface area (Å²) in [5.41, 5.74) is 1.91. The maximum Gasteiger partial charge on any atom is 0.320 e. The van der Waals surface area contributed by atoms with E-state index in [4.69, 9.17) is 24.5 Å². The summed E-state index contributed by atoms with van der Waals surface area (Å²) in [6.45, 7) is 17.7. The van der Waals surface area contributed by atoms with E-state index in [2.05, 4.69) is 49.5 Å². The summed E-state index contributed by atoms with van der Waals surface area (Å²) in [4.78, 5) is 94.3.